The lowest BCUT2D eigenvalue weighted by atomic mass is 9.48. The summed E-state index contributed by atoms with van der Waals surface area (Å²) in [6, 6.07) is 13.6. The van der Waals surface area contributed by atoms with Crippen molar-refractivity contribution in [3.05, 3.63) is 71.3 Å². The van der Waals surface area contributed by atoms with Gasteiger partial charge in [-0.3, -0.25) is 9.69 Å². The van der Waals surface area contributed by atoms with E-state index in [1.165, 1.54) is 18.4 Å². The molecule has 7 rings (SSSR count). The maximum atomic E-state index is 12.9. The van der Waals surface area contributed by atoms with Crippen molar-refractivity contribution in [2.75, 3.05) is 13.1 Å². The number of likely N-dealkylation sites (tertiary alicyclic amines) is 1. The number of ether oxygens (including phenoxy) is 1. The molecular formula is C30H34N2O4. The standard InChI is InChI=1S/C30H34N2O4/c33-23-12-11-21-17-24-30(35)14-13-22(31-25(34)8-4-7-19-5-2-1-3-6-19)28-29(30,26(21)27(23)36-28)15-16-32(24)18-20-9-10-20/h1-6,8,11-12,20,22,24,28,33,35H,7,9-10,13-18H2,(H,31,34). The molecule has 1 saturated heterocycles. The highest BCUT2D eigenvalue weighted by atomic mass is 16.5. The van der Waals surface area contributed by atoms with Crippen LogP contribution in [0.5, 0.6) is 11.5 Å². The Morgan fingerprint density at radius 2 is 1.97 bits per heavy atom. The second kappa shape index (κ2) is 8.09. The Hall–Kier alpha value is -2.83. The first-order valence-corrected chi connectivity index (χ1v) is 13.5. The highest BCUT2D eigenvalue weighted by molar-refractivity contribution is 5.88. The Bertz CT molecular complexity index is 1220. The molecule has 2 bridgehead atoms. The number of hydrogen-bond acceptors (Lipinski definition) is 5. The second-order valence-corrected chi connectivity index (χ2v) is 11.5. The van der Waals surface area contributed by atoms with E-state index in [4.69, 9.17) is 4.74 Å². The summed E-state index contributed by atoms with van der Waals surface area (Å²) in [6.45, 7) is 1.97. The molecule has 0 aromatic heterocycles. The quantitative estimate of drug-likeness (QED) is 0.546. The summed E-state index contributed by atoms with van der Waals surface area (Å²) in [5.74, 6) is 1.27. The van der Waals surface area contributed by atoms with Gasteiger partial charge in [-0.2, -0.15) is 0 Å². The summed E-state index contributed by atoms with van der Waals surface area (Å²) in [4.78, 5) is 15.5. The minimum Gasteiger partial charge on any atom is -0.504 e. The van der Waals surface area contributed by atoms with Gasteiger partial charge >= 0.3 is 0 Å². The number of hydrogen-bond donors (Lipinski definition) is 3. The number of phenolic OH excluding ortho intramolecular Hbond substituents is 1. The van der Waals surface area contributed by atoms with Crippen LogP contribution in [0.2, 0.25) is 0 Å². The van der Waals surface area contributed by atoms with Gasteiger partial charge in [-0.25, -0.2) is 0 Å². The van der Waals surface area contributed by atoms with Gasteiger partial charge < -0.3 is 20.3 Å². The van der Waals surface area contributed by atoms with Crippen LogP contribution >= 0.6 is 0 Å². The molecule has 6 nitrogen and oxygen atoms in total. The number of carbonyl (C=O) groups excluding carboxylic acids is 1. The van der Waals surface area contributed by atoms with Crippen LogP contribution in [0.25, 0.3) is 0 Å². The number of nitrogens with one attached hydrogen (secondary N) is 1. The van der Waals surface area contributed by atoms with E-state index in [2.05, 4.69) is 10.2 Å². The molecule has 3 aliphatic carbocycles. The van der Waals surface area contributed by atoms with Gasteiger partial charge in [0.2, 0.25) is 5.91 Å². The first-order chi connectivity index (χ1) is 17.5. The van der Waals surface area contributed by atoms with Crippen LogP contribution in [0.4, 0.5) is 0 Å². The first-order valence-electron chi connectivity index (χ1n) is 13.5. The lowest BCUT2D eigenvalue weighted by Gasteiger charge is -2.64. The molecular weight excluding hydrogens is 452 g/mol. The number of allylic oxidation sites excluding steroid dienone is 1. The molecule has 0 radical (unpaired) electrons. The van der Waals surface area contributed by atoms with E-state index >= 15 is 0 Å². The first kappa shape index (κ1) is 22.4. The summed E-state index contributed by atoms with van der Waals surface area (Å²) >= 11 is 0. The third-order valence-electron chi connectivity index (χ3n) is 9.56. The Morgan fingerprint density at radius 1 is 1.14 bits per heavy atom. The summed E-state index contributed by atoms with van der Waals surface area (Å²) in [5, 5.41) is 26.4. The van der Waals surface area contributed by atoms with E-state index in [9.17, 15) is 15.0 Å². The average Bonchev–Trinajstić information content (AvgIpc) is 3.61. The lowest BCUT2D eigenvalue weighted by molar-refractivity contribution is -0.192. The molecule has 5 unspecified atom stereocenters. The van der Waals surface area contributed by atoms with Crippen LogP contribution in [0, 0.1) is 5.92 Å². The molecule has 2 heterocycles. The largest absolute Gasteiger partial charge is 0.504 e. The molecule has 1 spiro atoms. The predicted molar refractivity (Wildman–Crippen MR) is 136 cm³/mol. The molecule has 1 amide bonds. The van der Waals surface area contributed by atoms with Crippen molar-refractivity contribution in [1.29, 1.82) is 0 Å². The summed E-state index contributed by atoms with van der Waals surface area (Å²) in [6.07, 6.45) is 9.21. The molecule has 5 aliphatic rings. The smallest absolute Gasteiger partial charge is 0.244 e. The monoisotopic (exact) mass is 486 g/mol. The highest BCUT2D eigenvalue weighted by Crippen LogP contribution is 2.65. The number of piperidine rings is 1. The van der Waals surface area contributed by atoms with Crippen molar-refractivity contribution in [2.45, 2.75) is 74.1 Å². The molecule has 2 aromatic carbocycles. The molecule has 3 fully saturated rings. The number of benzene rings is 2. The fraction of sp³-hybridized carbons (Fsp3) is 0.500. The number of phenols is 1. The molecule has 3 N–H and O–H groups in total. The molecule has 2 saturated carbocycles. The van der Waals surface area contributed by atoms with Crippen LogP contribution in [0.1, 0.15) is 48.8 Å². The van der Waals surface area contributed by atoms with Crippen molar-refractivity contribution in [1.82, 2.24) is 10.2 Å². The Balaban J connectivity index is 1.19. The van der Waals surface area contributed by atoms with Crippen molar-refractivity contribution in [3.63, 3.8) is 0 Å². The van der Waals surface area contributed by atoms with Crippen molar-refractivity contribution < 1.29 is 19.7 Å². The van der Waals surface area contributed by atoms with Gasteiger partial charge in [-0.05, 0) is 80.7 Å². The number of nitrogens with zero attached hydrogens (tertiary/aromatic N) is 1. The van der Waals surface area contributed by atoms with Gasteiger partial charge in [0.25, 0.3) is 0 Å². The third-order valence-corrected chi connectivity index (χ3v) is 9.56. The van der Waals surface area contributed by atoms with Crippen LogP contribution < -0.4 is 10.1 Å². The number of carbonyl (C=O) groups is 1. The fourth-order valence-corrected chi connectivity index (χ4v) is 7.78. The molecule has 2 aliphatic heterocycles. The van der Waals surface area contributed by atoms with Gasteiger partial charge in [0.05, 0.1) is 17.1 Å². The minimum absolute atomic E-state index is 0.0448. The molecule has 2 aromatic rings. The van der Waals surface area contributed by atoms with Gasteiger partial charge in [0.1, 0.15) is 6.10 Å². The fourth-order valence-electron chi connectivity index (χ4n) is 7.78. The van der Waals surface area contributed by atoms with E-state index in [1.807, 2.05) is 42.5 Å². The van der Waals surface area contributed by atoms with E-state index in [-0.39, 0.29) is 23.7 Å². The van der Waals surface area contributed by atoms with E-state index in [0.717, 1.165) is 43.0 Å². The summed E-state index contributed by atoms with van der Waals surface area (Å²) in [7, 11) is 0. The lowest BCUT2D eigenvalue weighted by Crippen LogP contribution is -2.78. The average molecular weight is 487 g/mol. The maximum absolute atomic E-state index is 12.9. The Labute approximate surface area is 212 Å². The van der Waals surface area contributed by atoms with Crippen LogP contribution in [0.15, 0.2) is 54.6 Å². The normalized spacial score (nSPS) is 34.3. The van der Waals surface area contributed by atoms with Crippen LogP contribution in [-0.2, 0) is 23.1 Å². The molecule has 188 valence electrons. The van der Waals surface area contributed by atoms with Gasteiger partial charge in [0, 0.05) is 18.2 Å². The maximum Gasteiger partial charge on any atom is 0.244 e. The molecule has 5 atom stereocenters. The van der Waals surface area contributed by atoms with Gasteiger partial charge in [-0.1, -0.05) is 42.5 Å². The van der Waals surface area contributed by atoms with E-state index in [1.54, 1.807) is 12.1 Å². The van der Waals surface area contributed by atoms with Crippen LogP contribution in [0.3, 0.4) is 0 Å². The van der Waals surface area contributed by atoms with E-state index in [0.29, 0.717) is 25.0 Å². The number of aliphatic hydroxyl groups is 1. The zero-order valence-corrected chi connectivity index (χ0v) is 20.5. The third kappa shape index (κ3) is 3.20. The summed E-state index contributed by atoms with van der Waals surface area (Å²) < 4.78 is 6.52. The number of amides is 1. The number of rotatable bonds is 6. The number of aromatic hydroxyl groups is 1. The highest BCUT2D eigenvalue weighted by Gasteiger charge is 2.73. The van der Waals surface area contributed by atoms with Crippen molar-refractivity contribution in [2.24, 2.45) is 5.92 Å². The predicted octanol–water partition coefficient (Wildman–Crippen LogP) is 3.24. The topological polar surface area (TPSA) is 82.0 Å². The van der Waals surface area contributed by atoms with Crippen molar-refractivity contribution >= 4 is 5.91 Å². The zero-order chi connectivity index (χ0) is 24.5. The summed E-state index contributed by atoms with van der Waals surface area (Å²) in [5.41, 5.74) is 1.79. The Morgan fingerprint density at radius 3 is 2.78 bits per heavy atom. The van der Waals surface area contributed by atoms with E-state index < -0.39 is 17.1 Å². The van der Waals surface area contributed by atoms with Crippen molar-refractivity contribution in [3.8, 4) is 11.5 Å². The van der Waals surface area contributed by atoms with Crippen LogP contribution in [-0.4, -0.2) is 57.9 Å². The second-order valence-electron chi connectivity index (χ2n) is 11.5. The minimum atomic E-state index is -0.929. The molecule has 36 heavy (non-hydrogen) atoms. The van der Waals surface area contributed by atoms with Gasteiger partial charge in [-0.15, -0.1) is 0 Å². The molecule has 6 heteroatoms. The SMILES string of the molecule is O=C(C=CCc1ccccc1)NC1CCC2(O)C3Cc4ccc(O)c5c4C2(CCN3CC2CC2)C1O5. The van der Waals surface area contributed by atoms with Gasteiger partial charge in [0.15, 0.2) is 11.5 Å². The zero-order valence-electron chi connectivity index (χ0n) is 20.5. The Kier molecular flexibility index (Phi) is 5.03.